The maximum atomic E-state index is 13.0. The number of aliphatic carboxylic acids is 1. The number of rotatable bonds is 10. The van der Waals surface area contributed by atoms with Gasteiger partial charge in [0.1, 0.15) is 29.7 Å². The van der Waals surface area contributed by atoms with Gasteiger partial charge in [0, 0.05) is 28.6 Å². The first kappa shape index (κ1) is 25.8. The van der Waals surface area contributed by atoms with Crippen LogP contribution >= 0.6 is 11.8 Å². The van der Waals surface area contributed by atoms with Crippen molar-refractivity contribution >= 4 is 41.1 Å². The number of aromatic nitrogens is 2. The van der Waals surface area contributed by atoms with E-state index in [1.54, 1.807) is 34.5 Å². The molecule has 10 heteroatoms. The minimum absolute atomic E-state index is 0.0673. The van der Waals surface area contributed by atoms with Crippen molar-refractivity contribution in [2.24, 2.45) is 0 Å². The van der Waals surface area contributed by atoms with Gasteiger partial charge in [-0.05, 0) is 36.1 Å². The Balaban J connectivity index is 1.65. The maximum absolute atomic E-state index is 13.0. The number of hydrogen-bond acceptors (Lipinski definition) is 7. The van der Waals surface area contributed by atoms with Crippen molar-refractivity contribution in [3.63, 3.8) is 0 Å². The first-order valence-electron chi connectivity index (χ1n) is 11.4. The van der Waals surface area contributed by atoms with Crippen LogP contribution in [0.15, 0.2) is 77.8 Å². The van der Waals surface area contributed by atoms with Crippen LogP contribution in [-0.2, 0) is 20.7 Å². The zero-order valence-corrected chi connectivity index (χ0v) is 21.1. The second-order valence-electron chi connectivity index (χ2n) is 8.16. The number of anilines is 1. The third-order valence-electron chi connectivity index (χ3n) is 5.77. The number of pyridine rings is 1. The van der Waals surface area contributed by atoms with Crippen molar-refractivity contribution in [3.8, 4) is 11.3 Å². The molecule has 1 amide bonds. The van der Waals surface area contributed by atoms with Crippen LogP contribution in [0.4, 0.5) is 5.82 Å². The molecule has 2 heterocycles. The fourth-order valence-corrected chi connectivity index (χ4v) is 4.23. The molecule has 0 aliphatic heterocycles. The van der Waals surface area contributed by atoms with Crippen molar-refractivity contribution in [3.05, 3.63) is 84.1 Å². The van der Waals surface area contributed by atoms with Crippen LogP contribution in [0, 0.1) is 0 Å². The third-order valence-corrected chi connectivity index (χ3v) is 6.51. The number of amides is 1. The highest BCUT2D eigenvalue weighted by molar-refractivity contribution is 7.98. The number of carboxylic acids is 1. The van der Waals surface area contributed by atoms with Gasteiger partial charge in [-0.1, -0.05) is 42.5 Å². The molecule has 190 valence electrons. The lowest BCUT2D eigenvalue weighted by Gasteiger charge is -2.15. The van der Waals surface area contributed by atoms with E-state index in [2.05, 4.69) is 10.6 Å². The topological polar surface area (TPSA) is 122 Å². The molecule has 1 unspecified atom stereocenters. The van der Waals surface area contributed by atoms with E-state index in [1.165, 1.54) is 7.11 Å². The zero-order valence-electron chi connectivity index (χ0n) is 20.3. The Bertz CT molecular complexity index is 1420. The second-order valence-corrected chi connectivity index (χ2v) is 9.04. The fourth-order valence-electron chi connectivity index (χ4n) is 3.82. The molecule has 4 rings (SSSR count). The molecule has 0 saturated carbocycles. The predicted octanol–water partition coefficient (Wildman–Crippen LogP) is 3.73. The number of carboxylic acid groups (broad SMARTS) is 1. The average molecular weight is 519 g/mol. The molecule has 0 saturated heterocycles. The van der Waals surface area contributed by atoms with E-state index in [0.29, 0.717) is 17.2 Å². The molecular formula is C27H26N4O5S. The molecule has 0 fully saturated rings. The highest BCUT2D eigenvalue weighted by atomic mass is 32.2. The summed E-state index contributed by atoms with van der Waals surface area (Å²) in [6, 6.07) is 19.0. The summed E-state index contributed by atoms with van der Waals surface area (Å²) in [5.74, 6) is -1.52. The molecule has 0 aliphatic rings. The highest BCUT2D eigenvalue weighted by Gasteiger charge is 2.22. The monoisotopic (exact) mass is 518 g/mol. The Morgan fingerprint density at radius 2 is 1.81 bits per heavy atom. The number of imidazole rings is 1. The van der Waals surface area contributed by atoms with Gasteiger partial charge in [-0.2, -0.15) is 0 Å². The van der Waals surface area contributed by atoms with E-state index in [4.69, 9.17) is 9.72 Å². The molecule has 0 aliphatic carbocycles. The Hall–Kier alpha value is -4.31. The van der Waals surface area contributed by atoms with Crippen LogP contribution in [0.3, 0.4) is 0 Å². The summed E-state index contributed by atoms with van der Waals surface area (Å²) in [4.78, 5) is 42.4. The zero-order chi connectivity index (χ0) is 26.4. The average Bonchev–Trinajstić information content (AvgIpc) is 3.29. The van der Waals surface area contributed by atoms with Crippen molar-refractivity contribution in [2.45, 2.75) is 17.4 Å². The van der Waals surface area contributed by atoms with Crippen molar-refractivity contribution < 1.29 is 24.2 Å². The van der Waals surface area contributed by atoms with Crippen LogP contribution in [0.25, 0.3) is 16.9 Å². The van der Waals surface area contributed by atoms with Crippen molar-refractivity contribution in [1.82, 2.24) is 14.7 Å². The minimum Gasteiger partial charge on any atom is -0.480 e. The first-order chi connectivity index (χ1) is 17.9. The van der Waals surface area contributed by atoms with Gasteiger partial charge in [0.05, 0.1) is 7.11 Å². The van der Waals surface area contributed by atoms with E-state index in [0.717, 1.165) is 16.0 Å². The van der Waals surface area contributed by atoms with Gasteiger partial charge >= 0.3 is 11.9 Å². The van der Waals surface area contributed by atoms with Gasteiger partial charge in [0.2, 0.25) is 0 Å². The lowest BCUT2D eigenvalue weighted by molar-refractivity contribution is -0.139. The summed E-state index contributed by atoms with van der Waals surface area (Å²) in [5.41, 5.74) is 2.95. The molecule has 0 bridgehead atoms. The van der Waals surface area contributed by atoms with E-state index >= 15 is 0 Å². The van der Waals surface area contributed by atoms with Crippen LogP contribution in [0.1, 0.15) is 15.9 Å². The van der Waals surface area contributed by atoms with Crippen molar-refractivity contribution in [1.29, 1.82) is 0 Å². The number of methoxy groups -OCH3 is 1. The lowest BCUT2D eigenvalue weighted by Crippen LogP contribution is -2.42. The lowest BCUT2D eigenvalue weighted by atomic mass is 10.1. The number of hydrogen-bond donors (Lipinski definition) is 3. The van der Waals surface area contributed by atoms with Gasteiger partial charge < -0.3 is 20.5 Å². The number of benzene rings is 2. The molecule has 0 spiro atoms. The number of fused-ring (bicyclic) bond motifs is 1. The molecule has 1 atom stereocenters. The number of thioether (sulfide) groups is 1. The van der Waals surface area contributed by atoms with E-state index in [1.807, 2.05) is 60.9 Å². The Kier molecular flexibility index (Phi) is 8.09. The quantitative estimate of drug-likeness (QED) is 0.214. The molecular weight excluding hydrogens is 492 g/mol. The molecule has 2 aromatic heterocycles. The molecule has 9 nitrogen and oxygen atoms in total. The number of nitrogens with one attached hydrogen (secondary N) is 2. The Labute approximate surface area is 217 Å². The highest BCUT2D eigenvalue weighted by Crippen LogP contribution is 2.30. The second kappa shape index (κ2) is 11.6. The Morgan fingerprint density at radius 1 is 1.08 bits per heavy atom. The first-order valence-corrected chi connectivity index (χ1v) is 12.7. The predicted molar refractivity (Wildman–Crippen MR) is 142 cm³/mol. The number of ether oxygens (including phenoxy) is 1. The van der Waals surface area contributed by atoms with Gasteiger partial charge in [-0.25, -0.2) is 9.78 Å². The Morgan fingerprint density at radius 3 is 2.46 bits per heavy atom. The number of carbonyl (C=O) groups excluding carboxylic acids is 2. The summed E-state index contributed by atoms with van der Waals surface area (Å²) in [6.45, 7) is -0.0673. The summed E-state index contributed by atoms with van der Waals surface area (Å²) >= 11 is 1.62. The van der Waals surface area contributed by atoms with Crippen LogP contribution in [-0.4, -0.2) is 58.3 Å². The van der Waals surface area contributed by atoms with Gasteiger partial charge in [0.25, 0.3) is 5.91 Å². The molecule has 0 radical (unpaired) electrons. The van der Waals surface area contributed by atoms with E-state index < -0.39 is 23.9 Å². The largest absolute Gasteiger partial charge is 0.480 e. The van der Waals surface area contributed by atoms with Gasteiger partial charge in [-0.15, -0.1) is 11.8 Å². The molecule has 37 heavy (non-hydrogen) atoms. The minimum atomic E-state index is -1.12. The van der Waals surface area contributed by atoms with Crippen LogP contribution in [0.5, 0.6) is 0 Å². The van der Waals surface area contributed by atoms with Gasteiger partial charge in [0.15, 0.2) is 0 Å². The summed E-state index contributed by atoms with van der Waals surface area (Å²) in [5, 5.41) is 15.3. The summed E-state index contributed by atoms with van der Waals surface area (Å²) in [7, 11) is 1.31. The SMILES string of the molecule is COC(=O)CNc1c(-c2ccc(SC)cc2)nc2cc(C(=O)NC(Cc3ccccc3)C(=O)O)ccn12. The van der Waals surface area contributed by atoms with Crippen LogP contribution < -0.4 is 10.6 Å². The smallest absolute Gasteiger partial charge is 0.326 e. The molecule has 4 aromatic rings. The van der Waals surface area contributed by atoms with E-state index in [9.17, 15) is 19.5 Å². The van der Waals surface area contributed by atoms with Crippen molar-refractivity contribution in [2.75, 3.05) is 25.2 Å². The molecule has 2 aromatic carbocycles. The summed E-state index contributed by atoms with van der Waals surface area (Å²) < 4.78 is 6.48. The van der Waals surface area contributed by atoms with Crippen LogP contribution in [0.2, 0.25) is 0 Å². The normalized spacial score (nSPS) is 11.6. The fraction of sp³-hybridized carbons (Fsp3) is 0.185. The number of nitrogens with zero attached hydrogens (tertiary/aromatic N) is 2. The van der Waals surface area contributed by atoms with Gasteiger partial charge in [-0.3, -0.25) is 14.0 Å². The number of esters is 1. The standard InChI is InChI=1S/C27H26N4O5S/c1-36-23(32)16-28-25-24(18-8-10-20(37-2)11-9-18)30-22-15-19(12-13-31(22)25)26(33)29-21(27(34)35)14-17-6-4-3-5-7-17/h3-13,15,21,28H,14,16H2,1-2H3,(H,29,33)(H,34,35). The van der Waals surface area contributed by atoms with E-state index in [-0.39, 0.29) is 18.5 Å². The maximum Gasteiger partial charge on any atom is 0.326 e. The third kappa shape index (κ3) is 6.10. The number of carbonyl (C=O) groups is 3. The molecule has 3 N–H and O–H groups in total. The summed E-state index contributed by atoms with van der Waals surface area (Å²) in [6.07, 6.45) is 3.81.